The highest BCUT2D eigenvalue weighted by molar-refractivity contribution is 5.42. The van der Waals surface area contributed by atoms with Gasteiger partial charge in [-0.1, -0.05) is 128 Å². The van der Waals surface area contributed by atoms with Crippen molar-refractivity contribution < 1.29 is 12.4 Å². The Morgan fingerprint density at radius 2 is 0.812 bits per heavy atom. The van der Waals surface area contributed by atoms with Crippen LogP contribution in [-0.2, 0) is 0 Å². The van der Waals surface area contributed by atoms with E-state index in [9.17, 15) is 0 Å². The quantitative estimate of drug-likeness (QED) is 0.127. The average Bonchev–Trinajstić information content (AvgIpc) is 2.81. The summed E-state index contributed by atoms with van der Waals surface area (Å²) in [6.45, 7) is 10.7. The second-order valence-electron chi connectivity index (χ2n) is 9.85. The summed E-state index contributed by atoms with van der Waals surface area (Å²) in [6.07, 6.45) is 26.1. The van der Waals surface area contributed by atoms with Gasteiger partial charge in [0, 0.05) is 0 Å². The van der Waals surface area contributed by atoms with Crippen molar-refractivity contribution in [2.75, 3.05) is 19.6 Å². The number of hydrogen-bond acceptors (Lipinski definition) is 0. The van der Waals surface area contributed by atoms with Crippen LogP contribution in [0.2, 0.25) is 0 Å². The smallest absolute Gasteiger partial charge is 0.132 e. The minimum absolute atomic E-state index is 0. The molecule has 188 valence electrons. The Morgan fingerprint density at radius 1 is 0.469 bits per heavy atom. The first-order valence-electron chi connectivity index (χ1n) is 14.2. The molecule has 0 fully saturated rings. The fraction of sp³-hybridized carbons (Fsp3) is 0.800. The van der Waals surface area contributed by atoms with Gasteiger partial charge in [-0.3, -0.25) is 4.48 Å². The molecule has 0 N–H and O–H groups in total. The summed E-state index contributed by atoms with van der Waals surface area (Å²) >= 11 is 0. The maximum absolute atomic E-state index is 2.35. The van der Waals surface area contributed by atoms with E-state index in [4.69, 9.17) is 0 Å². The monoisotopic (exact) mass is 465 g/mol. The van der Waals surface area contributed by atoms with E-state index in [0.29, 0.717) is 0 Å². The molecule has 0 radical (unpaired) electrons. The summed E-state index contributed by atoms with van der Waals surface area (Å²) in [5.41, 5.74) is 1.50. The van der Waals surface area contributed by atoms with Crippen LogP contribution in [0.3, 0.4) is 0 Å². The van der Waals surface area contributed by atoms with E-state index in [2.05, 4.69) is 51.1 Å². The standard InChI is InChI=1S/C30H56N.ClH/c1-4-7-8-9-10-11-12-13-14-15-16-17-18-19-20-21-22-26-29-31(5-2,6-3)30-27-24-23-25-28-30;/h23-25,27-28H,4-22,26,29H2,1-3H3;1H/q+1;/p-1. The molecule has 0 saturated heterocycles. The van der Waals surface area contributed by atoms with Gasteiger partial charge in [0.05, 0.1) is 19.6 Å². The number of halogens is 1. The Morgan fingerprint density at radius 3 is 1.16 bits per heavy atom. The predicted molar refractivity (Wildman–Crippen MR) is 143 cm³/mol. The van der Waals surface area contributed by atoms with Gasteiger partial charge in [-0.15, -0.1) is 0 Å². The lowest BCUT2D eigenvalue weighted by atomic mass is 10.0. The van der Waals surface area contributed by atoms with Gasteiger partial charge in [0.2, 0.25) is 0 Å². The molecule has 0 aromatic heterocycles. The molecular formula is C30H56ClN. The van der Waals surface area contributed by atoms with Gasteiger partial charge >= 0.3 is 0 Å². The van der Waals surface area contributed by atoms with Crippen molar-refractivity contribution in [2.24, 2.45) is 0 Å². The van der Waals surface area contributed by atoms with E-state index in [1.807, 2.05) is 0 Å². The van der Waals surface area contributed by atoms with Crippen molar-refractivity contribution in [3.63, 3.8) is 0 Å². The van der Waals surface area contributed by atoms with Gasteiger partial charge in [0.25, 0.3) is 0 Å². The van der Waals surface area contributed by atoms with Gasteiger partial charge in [-0.05, 0) is 38.8 Å². The molecule has 1 aromatic rings. The molecule has 32 heavy (non-hydrogen) atoms. The molecule has 0 aliphatic heterocycles. The van der Waals surface area contributed by atoms with Gasteiger partial charge in [-0.25, -0.2) is 0 Å². The third kappa shape index (κ3) is 14.6. The molecule has 1 nitrogen and oxygen atoms in total. The van der Waals surface area contributed by atoms with Crippen LogP contribution in [0.15, 0.2) is 30.3 Å². The summed E-state index contributed by atoms with van der Waals surface area (Å²) in [4.78, 5) is 0. The lowest BCUT2D eigenvalue weighted by molar-refractivity contribution is -0.00000681. The zero-order chi connectivity index (χ0) is 22.5. The second kappa shape index (κ2) is 22.3. The Hall–Kier alpha value is -0.530. The molecule has 2 heteroatoms. The first-order chi connectivity index (χ1) is 15.3. The summed E-state index contributed by atoms with van der Waals surface area (Å²) < 4.78 is 1.15. The molecule has 0 amide bonds. The van der Waals surface area contributed by atoms with Crippen molar-refractivity contribution in [1.29, 1.82) is 0 Å². The zero-order valence-electron chi connectivity index (χ0n) is 22.1. The molecule has 0 atom stereocenters. The zero-order valence-corrected chi connectivity index (χ0v) is 22.8. The fourth-order valence-electron chi connectivity index (χ4n) is 5.09. The van der Waals surface area contributed by atoms with Crippen molar-refractivity contribution in [1.82, 2.24) is 4.48 Å². The average molecular weight is 466 g/mol. The van der Waals surface area contributed by atoms with Crippen LogP contribution in [0.5, 0.6) is 0 Å². The van der Waals surface area contributed by atoms with E-state index >= 15 is 0 Å². The number of quaternary nitrogens is 1. The van der Waals surface area contributed by atoms with E-state index in [-0.39, 0.29) is 12.4 Å². The number of benzene rings is 1. The van der Waals surface area contributed by atoms with Crippen LogP contribution in [0.4, 0.5) is 5.69 Å². The highest BCUT2D eigenvalue weighted by Gasteiger charge is 2.25. The molecule has 0 bridgehead atoms. The molecular weight excluding hydrogens is 410 g/mol. The van der Waals surface area contributed by atoms with Crippen molar-refractivity contribution in [3.05, 3.63) is 30.3 Å². The minimum Gasteiger partial charge on any atom is -1.00 e. The molecule has 0 heterocycles. The van der Waals surface area contributed by atoms with Crippen molar-refractivity contribution in [2.45, 2.75) is 136 Å². The third-order valence-electron chi connectivity index (χ3n) is 7.45. The Kier molecular flexibility index (Phi) is 21.9. The van der Waals surface area contributed by atoms with Crippen molar-refractivity contribution in [3.8, 4) is 0 Å². The topological polar surface area (TPSA) is 0 Å². The maximum atomic E-state index is 2.35. The molecule has 1 aromatic carbocycles. The van der Waals surface area contributed by atoms with Crippen LogP contribution in [0.1, 0.15) is 136 Å². The van der Waals surface area contributed by atoms with Crippen LogP contribution in [0, 0.1) is 0 Å². The highest BCUT2D eigenvalue weighted by Crippen LogP contribution is 2.24. The Bertz CT molecular complexity index is 483. The largest absolute Gasteiger partial charge is 1.00 e. The fourth-order valence-corrected chi connectivity index (χ4v) is 5.09. The summed E-state index contributed by atoms with van der Waals surface area (Å²) in [5.74, 6) is 0. The number of unbranched alkanes of at least 4 members (excludes halogenated alkanes) is 17. The van der Waals surface area contributed by atoms with Crippen LogP contribution in [-0.4, -0.2) is 19.6 Å². The summed E-state index contributed by atoms with van der Waals surface area (Å²) in [7, 11) is 0. The highest BCUT2D eigenvalue weighted by atomic mass is 35.5. The van der Waals surface area contributed by atoms with Crippen LogP contribution < -0.4 is 16.9 Å². The minimum atomic E-state index is 0. The number of rotatable bonds is 22. The lowest BCUT2D eigenvalue weighted by Gasteiger charge is -2.36. The molecule has 0 aliphatic carbocycles. The van der Waals surface area contributed by atoms with Gasteiger partial charge in [0.15, 0.2) is 0 Å². The lowest BCUT2D eigenvalue weighted by Crippen LogP contribution is -3.00. The van der Waals surface area contributed by atoms with E-state index < -0.39 is 0 Å². The van der Waals surface area contributed by atoms with Crippen LogP contribution in [0.25, 0.3) is 0 Å². The molecule has 0 spiro atoms. The third-order valence-corrected chi connectivity index (χ3v) is 7.45. The Labute approximate surface area is 208 Å². The van der Waals surface area contributed by atoms with Crippen molar-refractivity contribution >= 4 is 5.69 Å². The number of para-hydroxylation sites is 1. The van der Waals surface area contributed by atoms with E-state index in [0.717, 1.165) is 4.48 Å². The first-order valence-corrected chi connectivity index (χ1v) is 14.2. The number of hydrogen-bond donors (Lipinski definition) is 0. The first kappa shape index (κ1) is 31.5. The predicted octanol–water partition coefficient (Wildman–Crippen LogP) is 7.08. The SMILES string of the molecule is CCCCCCCCCCCCCCCCCCCC[N+](CC)(CC)c1ccccc1.[Cl-]. The summed E-state index contributed by atoms with van der Waals surface area (Å²) in [6, 6.07) is 11.2. The Balaban J connectivity index is 0.00000961. The van der Waals surface area contributed by atoms with Gasteiger partial charge < -0.3 is 12.4 Å². The molecule has 0 saturated carbocycles. The molecule has 0 aliphatic rings. The maximum Gasteiger partial charge on any atom is 0.132 e. The van der Waals surface area contributed by atoms with Gasteiger partial charge in [0.1, 0.15) is 5.69 Å². The summed E-state index contributed by atoms with van der Waals surface area (Å²) in [5, 5.41) is 0. The molecule has 1 rings (SSSR count). The normalized spacial score (nSPS) is 11.5. The molecule has 0 unspecified atom stereocenters. The van der Waals surface area contributed by atoms with Gasteiger partial charge in [-0.2, -0.15) is 0 Å². The number of nitrogens with zero attached hydrogens (tertiary/aromatic N) is 1. The van der Waals surface area contributed by atoms with E-state index in [1.165, 1.54) is 141 Å². The van der Waals surface area contributed by atoms with E-state index in [1.54, 1.807) is 0 Å². The second-order valence-corrected chi connectivity index (χ2v) is 9.85. The van der Waals surface area contributed by atoms with Crippen LogP contribution >= 0.6 is 0 Å².